The maximum Gasteiger partial charge on any atom is 0.341 e. The van der Waals surface area contributed by atoms with Crippen LogP contribution in [-0.4, -0.2) is 66.3 Å². The van der Waals surface area contributed by atoms with Crippen LogP contribution in [0.15, 0.2) is 28.5 Å². The number of carbonyl (C=O) groups excluding carboxylic acids is 2. The Hall–Kier alpha value is -3.71. The van der Waals surface area contributed by atoms with Crippen molar-refractivity contribution in [2.45, 2.75) is 57.7 Å². The highest BCUT2D eigenvalue weighted by molar-refractivity contribution is 5.97. The van der Waals surface area contributed by atoms with Gasteiger partial charge in [0, 0.05) is 25.3 Å². The van der Waals surface area contributed by atoms with E-state index in [2.05, 4.69) is 10.6 Å². The van der Waals surface area contributed by atoms with E-state index in [9.17, 15) is 24.3 Å². The number of rotatable bonds is 9. The number of anilines is 1. The van der Waals surface area contributed by atoms with Crippen LogP contribution in [0.2, 0.25) is 0 Å². The molecule has 2 aromatic rings. The monoisotopic (exact) mass is 597 g/mol. The van der Waals surface area contributed by atoms with E-state index in [1.807, 2.05) is 0 Å². The lowest BCUT2D eigenvalue weighted by Gasteiger charge is -2.33. The number of piperidine rings is 1. The average Bonchev–Trinajstić information content (AvgIpc) is 3.76. The summed E-state index contributed by atoms with van der Waals surface area (Å²) in [6.07, 6.45) is 3.70. The van der Waals surface area contributed by atoms with Crippen LogP contribution in [0, 0.1) is 5.82 Å². The summed E-state index contributed by atoms with van der Waals surface area (Å²) in [5.74, 6) is -3.79. The first kappa shape index (κ1) is 31.8. The fourth-order valence-electron chi connectivity index (χ4n) is 4.86. The second kappa shape index (κ2) is 12.9. The van der Waals surface area contributed by atoms with Crippen LogP contribution in [0.3, 0.4) is 0 Å². The molecule has 1 saturated heterocycles. The van der Waals surface area contributed by atoms with Crippen molar-refractivity contribution in [3.8, 4) is 5.75 Å². The number of aromatic nitrogens is 1. The van der Waals surface area contributed by atoms with Gasteiger partial charge in [0.2, 0.25) is 17.2 Å². The normalized spacial score (nSPS) is 17.8. The number of hydrogen-bond acceptors (Lipinski definition) is 7. The molecule has 2 atom stereocenters. The minimum Gasteiger partial charge on any atom is -0.492 e. The molecule has 2 fully saturated rings. The number of nitrogens with two attached hydrogens (primary N) is 1. The second-order valence-corrected chi connectivity index (χ2v) is 10.2. The summed E-state index contributed by atoms with van der Waals surface area (Å²) in [6.45, 7) is 2.92. The van der Waals surface area contributed by atoms with Crippen molar-refractivity contribution in [3.63, 3.8) is 0 Å². The van der Waals surface area contributed by atoms with Crippen LogP contribution < -0.4 is 31.4 Å². The Morgan fingerprint density at radius 2 is 1.93 bits per heavy atom. The quantitative estimate of drug-likeness (QED) is 0.343. The molecule has 11 nitrogen and oxygen atoms in total. The summed E-state index contributed by atoms with van der Waals surface area (Å²) in [6, 6.07) is -0.742. The van der Waals surface area contributed by atoms with Gasteiger partial charge in [0.05, 0.1) is 30.6 Å². The number of fused-ring (bicyclic) bond motifs is 1. The molecular weight excluding hydrogens is 564 g/mol. The van der Waals surface area contributed by atoms with Crippen molar-refractivity contribution in [2.24, 2.45) is 5.73 Å². The standard InChI is InChI=1S/C27H33F2N5O6.ClH/c1-13(30)25(36)32-14(2)26(37)31-10-20(29)15-5-4-8-33(11-15)22-19(28)9-17-21(24(22)40-3)34(16-6-7-16)12-18(23(17)35)27(38)39;/h9,12-14,16H,4-8,10-11,30H2,1-3H3,(H,31,37)(H,32,36)(H,38,39);1H/t13-,14-;/m0./s1. The Balaban J connectivity index is 0.00000462. The number of nitrogens with one attached hydrogen (secondary N) is 2. The van der Waals surface area contributed by atoms with Crippen LogP contribution in [0.5, 0.6) is 5.75 Å². The number of carboxylic acids is 1. The third kappa shape index (κ3) is 6.62. The molecule has 0 unspecified atom stereocenters. The summed E-state index contributed by atoms with van der Waals surface area (Å²) in [5.41, 5.74) is 4.93. The van der Waals surface area contributed by atoms with Gasteiger partial charge < -0.3 is 35.7 Å². The number of benzene rings is 1. The fraction of sp³-hybridized carbons (Fsp3) is 0.481. The molecule has 14 heteroatoms. The molecule has 0 bridgehead atoms. The van der Waals surface area contributed by atoms with E-state index >= 15 is 8.78 Å². The number of carbonyl (C=O) groups is 3. The van der Waals surface area contributed by atoms with E-state index in [0.29, 0.717) is 30.5 Å². The molecule has 1 aromatic carbocycles. The Labute approximate surface area is 241 Å². The number of aromatic carboxylic acids is 1. The number of carboxylic acid groups (broad SMARTS) is 1. The molecule has 1 aromatic heterocycles. The Morgan fingerprint density at radius 1 is 1.24 bits per heavy atom. The van der Waals surface area contributed by atoms with Gasteiger partial charge in [-0.15, -0.1) is 12.4 Å². The lowest BCUT2D eigenvalue weighted by atomic mass is 10.0. The number of methoxy groups -OCH3 is 1. The minimum atomic E-state index is -1.40. The maximum atomic E-state index is 15.6. The molecule has 1 aliphatic heterocycles. The number of nitrogens with zero attached hydrogens (tertiary/aromatic N) is 2. The van der Waals surface area contributed by atoms with Crippen LogP contribution in [0.25, 0.3) is 10.9 Å². The van der Waals surface area contributed by atoms with Gasteiger partial charge >= 0.3 is 5.97 Å². The molecule has 1 saturated carbocycles. The molecule has 4 rings (SSSR count). The van der Waals surface area contributed by atoms with Gasteiger partial charge in [-0.1, -0.05) is 0 Å². The van der Waals surface area contributed by atoms with E-state index in [4.69, 9.17) is 10.5 Å². The van der Waals surface area contributed by atoms with Crippen molar-refractivity contribution in [1.82, 2.24) is 15.2 Å². The molecule has 2 aliphatic rings. The van der Waals surface area contributed by atoms with Gasteiger partial charge in [-0.3, -0.25) is 14.4 Å². The first-order chi connectivity index (χ1) is 18.9. The highest BCUT2D eigenvalue weighted by Crippen LogP contribution is 2.44. The van der Waals surface area contributed by atoms with Crippen LogP contribution in [0.4, 0.5) is 14.5 Å². The van der Waals surface area contributed by atoms with Gasteiger partial charge in [0.25, 0.3) is 0 Å². The van der Waals surface area contributed by atoms with Gasteiger partial charge in [-0.2, -0.15) is 0 Å². The number of halogens is 3. The zero-order valence-corrected chi connectivity index (χ0v) is 23.8. The smallest absolute Gasteiger partial charge is 0.341 e. The van der Waals surface area contributed by atoms with Crippen molar-refractivity contribution in [3.05, 3.63) is 45.3 Å². The Bertz CT molecular complexity index is 1460. The fourth-order valence-corrected chi connectivity index (χ4v) is 4.86. The average molecular weight is 598 g/mol. The molecule has 5 N–H and O–H groups in total. The summed E-state index contributed by atoms with van der Waals surface area (Å²) < 4.78 is 38.1. The van der Waals surface area contributed by atoms with Gasteiger partial charge in [0.15, 0.2) is 11.6 Å². The zero-order valence-electron chi connectivity index (χ0n) is 23.0. The van der Waals surface area contributed by atoms with Crippen LogP contribution in [-0.2, 0) is 9.59 Å². The molecule has 41 heavy (non-hydrogen) atoms. The third-order valence-electron chi connectivity index (χ3n) is 7.14. The number of ether oxygens (including phenoxy) is 1. The molecule has 2 amide bonds. The Morgan fingerprint density at radius 3 is 2.51 bits per heavy atom. The Kier molecular flexibility index (Phi) is 9.98. The van der Waals surface area contributed by atoms with E-state index in [0.717, 1.165) is 18.9 Å². The highest BCUT2D eigenvalue weighted by Gasteiger charge is 2.32. The largest absolute Gasteiger partial charge is 0.492 e. The molecule has 2 heterocycles. The van der Waals surface area contributed by atoms with Gasteiger partial charge in [-0.25, -0.2) is 13.6 Å². The van der Waals surface area contributed by atoms with E-state index in [1.54, 1.807) is 9.47 Å². The minimum absolute atomic E-state index is 0. The van der Waals surface area contributed by atoms with Crippen molar-refractivity contribution in [2.75, 3.05) is 31.6 Å². The molecule has 1 aliphatic carbocycles. The van der Waals surface area contributed by atoms with Gasteiger partial charge in [0.1, 0.15) is 23.1 Å². The van der Waals surface area contributed by atoms with Crippen LogP contribution in [0.1, 0.15) is 55.9 Å². The third-order valence-corrected chi connectivity index (χ3v) is 7.14. The topological polar surface area (TPSA) is 156 Å². The SMILES string of the molecule is COc1c(N2CCCC(=C(F)CNC(=O)[C@H](C)NC(=O)[C@H](C)N)C2)c(F)cc2c(=O)c(C(=O)O)cn(C3CC3)c12.Cl. The second-order valence-electron chi connectivity index (χ2n) is 10.2. The van der Waals surface area contributed by atoms with E-state index in [1.165, 1.54) is 27.2 Å². The van der Waals surface area contributed by atoms with Gasteiger partial charge in [-0.05, 0) is 51.2 Å². The predicted octanol–water partition coefficient (Wildman–Crippen LogP) is 2.40. The summed E-state index contributed by atoms with van der Waals surface area (Å²) in [4.78, 5) is 50.3. The summed E-state index contributed by atoms with van der Waals surface area (Å²) in [5, 5.41) is 14.3. The lowest BCUT2D eigenvalue weighted by Crippen LogP contribution is -2.49. The number of pyridine rings is 1. The first-order valence-corrected chi connectivity index (χ1v) is 13.1. The first-order valence-electron chi connectivity index (χ1n) is 13.1. The van der Waals surface area contributed by atoms with E-state index < -0.39 is 59.0 Å². The van der Waals surface area contributed by atoms with Crippen molar-refractivity contribution < 1.29 is 33.0 Å². The lowest BCUT2D eigenvalue weighted by molar-refractivity contribution is -0.128. The van der Waals surface area contributed by atoms with E-state index in [-0.39, 0.29) is 41.8 Å². The molecule has 0 spiro atoms. The van der Waals surface area contributed by atoms with Crippen LogP contribution >= 0.6 is 12.4 Å². The predicted molar refractivity (Wildman–Crippen MR) is 151 cm³/mol. The number of hydrogen-bond donors (Lipinski definition) is 4. The molecule has 224 valence electrons. The van der Waals surface area contributed by atoms with Crippen molar-refractivity contribution in [1.29, 1.82) is 0 Å². The summed E-state index contributed by atoms with van der Waals surface area (Å²) in [7, 11) is 1.34. The number of amides is 2. The maximum absolute atomic E-state index is 15.6. The zero-order chi connectivity index (χ0) is 29.3. The molecular formula is C27H34ClF2N5O6. The summed E-state index contributed by atoms with van der Waals surface area (Å²) >= 11 is 0. The molecule has 0 radical (unpaired) electrons. The van der Waals surface area contributed by atoms with Crippen molar-refractivity contribution >= 4 is 46.8 Å². The highest BCUT2D eigenvalue weighted by atomic mass is 35.5.